The fraction of sp³-hybridized carbons (Fsp3) is 0.235. The van der Waals surface area contributed by atoms with Crippen LogP contribution in [0.15, 0.2) is 24.3 Å². The fourth-order valence-corrected chi connectivity index (χ4v) is 2.76. The number of ether oxygens (including phenoxy) is 2. The second-order valence-corrected chi connectivity index (χ2v) is 5.59. The highest BCUT2D eigenvalue weighted by molar-refractivity contribution is 6.39. The average molecular weight is 339 g/mol. The first-order valence-electron chi connectivity index (χ1n) is 6.63. The van der Waals surface area contributed by atoms with Gasteiger partial charge in [-0.3, -0.25) is 4.79 Å². The van der Waals surface area contributed by atoms with Crippen LogP contribution >= 0.6 is 23.2 Å². The molecule has 0 aliphatic carbocycles. The van der Waals surface area contributed by atoms with Gasteiger partial charge in [-0.25, -0.2) is 0 Å². The molecule has 0 atom stereocenters. The number of halogens is 2. The topological polar surface area (TPSA) is 35.5 Å². The molecule has 0 aliphatic heterocycles. The minimum Gasteiger partial charge on any atom is -0.496 e. The largest absolute Gasteiger partial charge is 0.496 e. The predicted molar refractivity (Wildman–Crippen MR) is 88.9 cm³/mol. The highest BCUT2D eigenvalue weighted by Gasteiger charge is 2.20. The molecular formula is C17H16Cl2O3. The van der Waals surface area contributed by atoms with Crippen molar-refractivity contribution in [3.63, 3.8) is 0 Å². The Balaban J connectivity index is 2.54. The van der Waals surface area contributed by atoms with Crippen molar-refractivity contribution in [3.05, 3.63) is 56.6 Å². The van der Waals surface area contributed by atoms with Crippen molar-refractivity contribution in [1.29, 1.82) is 0 Å². The van der Waals surface area contributed by atoms with Crippen LogP contribution in [0.3, 0.4) is 0 Å². The Kier molecular flexibility index (Phi) is 4.99. The quantitative estimate of drug-likeness (QED) is 0.747. The van der Waals surface area contributed by atoms with Crippen LogP contribution in [0.4, 0.5) is 0 Å². The molecule has 0 bridgehead atoms. The maximum Gasteiger partial charge on any atom is 0.196 e. The van der Waals surface area contributed by atoms with Crippen molar-refractivity contribution in [1.82, 2.24) is 0 Å². The fourth-order valence-electron chi connectivity index (χ4n) is 2.27. The number of carbonyl (C=O) groups is 1. The van der Waals surface area contributed by atoms with Crippen LogP contribution in [0.1, 0.15) is 27.0 Å². The standard InChI is InChI=1S/C17H16Cl2O3/c1-9-13(21-3)7-5-11(15(9)18)17(20)12-6-8-14(22-4)10(2)16(12)19/h5-8H,1-4H3. The van der Waals surface area contributed by atoms with Gasteiger partial charge in [0.25, 0.3) is 0 Å². The van der Waals surface area contributed by atoms with Crippen LogP contribution in [0.2, 0.25) is 10.0 Å². The molecular weight excluding hydrogens is 323 g/mol. The van der Waals surface area contributed by atoms with Gasteiger partial charge in [0.1, 0.15) is 11.5 Å². The van der Waals surface area contributed by atoms with E-state index in [1.54, 1.807) is 52.3 Å². The molecule has 0 heterocycles. The first-order valence-corrected chi connectivity index (χ1v) is 7.38. The lowest BCUT2D eigenvalue weighted by atomic mass is 9.99. The maximum absolute atomic E-state index is 12.7. The maximum atomic E-state index is 12.7. The van der Waals surface area contributed by atoms with Crippen LogP contribution in [0, 0.1) is 13.8 Å². The van der Waals surface area contributed by atoms with Crippen molar-refractivity contribution in [2.24, 2.45) is 0 Å². The Hall–Kier alpha value is -1.71. The van der Waals surface area contributed by atoms with Crippen molar-refractivity contribution < 1.29 is 14.3 Å². The van der Waals surface area contributed by atoms with Crippen LogP contribution in [0.25, 0.3) is 0 Å². The van der Waals surface area contributed by atoms with Gasteiger partial charge in [0.15, 0.2) is 5.78 Å². The third-order valence-electron chi connectivity index (χ3n) is 3.60. The van der Waals surface area contributed by atoms with Crippen LogP contribution in [-0.4, -0.2) is 20.0 Å². The van der Waals surface area contributed by atoms with Crippen LogP contribution in [-0.2, 0) is 0 Å². The molecule has 0 saturated heterocycles. The van der Waals surface area contributed by atoms with E-state index >= 15 is 0 Å². The normalized spacial score (nSPS) is 10.5. The zero-order chi connectivity index (χ0) is 16.4. The van der Waals surface area contributed by atoms with Gasteiger partial charge in [-0.05, 0) is 38.1 Å². The lowest BCUT2D eigenvalue weighted by molar-refractivity contribution is 0.103. The van der Waals surface area contributed by atoms with Gasteiger partial charge in [-0.2, -0.15) is 0 Å². The number of methoxy groups -OCH3 is 2. The molecule has 0 aromatic heterocycles. The second kappa shape index (κ2) is 6.59. The van der Waals surface area contributed by atoms with Crippen LogP contribution in [0.5, 0.6) is 11.5 Å². The molecule has 0 saturated carbocycles. The van der Waals surface area contributed by atoms with E-state index in [1.165, 1.54) is 0 Å². The summed E-state index contributed by atoms with van der Waals surface area (Å²) in [6, 6.07) is 6.73. The molecule has 116 valence electrons. The molecule has 0 aliphatic rings. The van der Waals surface area contributed by atoms with Crippen LogP contribution < -0.4 is 9.47 Å². The predicted octanol–water partition coefficient (Wildman–Crippen LogP) is 4.86. The highest BCUT2D eigenvalue weighted by Crippen LogP contribution is 2.34. The molecule has 2 rings (SSSR count). The molecule has 0 amide bonds. The summed E-state index contributed by atoms with van der Waals surface area (Å²) in [5.74, 6) is 1.05. The van der Waals surface area contributed by atoms with Gasteiger partial charge in [-0.1, -0.05) is 23.2 Å². The summed E-state index contributed by atoms with van der Waals surface area (Å²) in [4.78, 5) is 12.7. The molecule has 0 unspecified atom stereocenters. The van der Waals surface area contributed by atoms with Crippen molar-refractivity contribution in [2.75, 3.05) is 14.2 Å². The second-order valence-electron chi connectivity index (χ2n) is 4.84. The minimum absolute atomic E-state index is 0.230. The third-order valence-corrected chi connectivity index (χ3v) is 4.58. The summed E-state index contributed by atoms with van der Waals surface area (Å²) >= 11 is 12.6. The smallest absolute Gasteiger partial charge is 0.196 e. The molecule has 0 radical (unpaired) electrons. The van der Waals surface area contributed by atoms with E-state index in [0.29, 0.717) is 32.7 Å². The highest BCUT2D eigenvalue weighted by atomic mass is 35.5. The number of hydrogen-bond donors (Lipinski definition) is 0. The zero-order valence-electron chi connectivity index (χ0n) is 12.8. The summed E-state index contributed by atoms with van der Waals surface area (Å²) in [6.07, 6.45) is 0. The average Bonchev–Trinajstić information content (AvgIpc) is 2.52. The molecule has 5 heteroatoms. The first-order chi connectivity index (χ1) is 10.4. The van der Waals surface area contributed by atoms with Gasteiger partial charge < -0.3 is 9.47 Å². The van der Waals surface area contributed by atoms with Crippen molar-refractivity contribution in [3.8, 4) is 11.5 Å². The summed E-state index contributed by atoms with van der Waals surface area (Å²) in [6.45, 7) is 3.61. The van der Waals surface area contributed by atoms with E-state index in [9.17, 15) is 4.79 Å². The van der Waals surface area contributed by atoms with E-state index in [0.717, 1.165) is 11.1 Å². The molecule has 22 heavy (non-hydrogen) atoms. The number of hydrogen-bond acceptors (Lipinski definition) is 3. The Labute approximate surface area is 139 Å². The van der Waals surface area contributed by atoms with E-state index in [4.69, 9.17) is 32.7 Å². The van der Waals surface area contributed by atoms with Gasteiger partial charge in [-0.15, -0.1) is 0 Å². The van der Waals surface area contributed by atoms with Gasteiger partial charge in [0, 0.05) is 22.3 Å². The van der Waals surface area contributed by atoms with Gasteiger partial charge in [0.05, 0.1) is 24.3 Å². The summed E-state index contributed by atoms with van der Waals surface area (Å²) < 4.78 is 10.4. The SMILES string of the molecule is COc1ccc(C(=O)c2ccc(OC)c(C)c2Cl)c(Cl)c1C. The molecule has 2 aromatic carbocycles. The lowest BCUT2D eigenvalue weighted by Crippen LogP contribution is -2.06. The zero-order valence-corrected chi connectivity index (χ0v) is 14.3. The van der Waals surface area contributed by atoms with Gasteiger partial charge in [0.2, 0.25) is 0 Å². The molecule has 0 N–H and O–H groups in total. The molecule has 0 fully saturated rings. The van der Waals surface area contributed by atoms with E-state index in [2.05, 4.69) is 0 Å². The lowest BCUT2D eigenvalue weighted by Gasteiger charge is -2.13. The van der Waals surface area contributed by atoms with Gasteiger partial charge >= 0.3 is 0 Å². The number of rotatable bonds is 4. The monoisotopic (exact) mass is 338 g/mol. The third kappa shape index (κ3) is 2.79. The summed E-state index contributed by atoms with van der Waals surface area (Å²) in [5, 5.41) is 0.739. The molecule has 3 nitrogen and oxygen atoms in total. The summed E-state index contributed by atoms with van der Waals surface area (Å²) in [7, 11) is 3.12. The molecule has 0 spiro atoms. The Morgan fingerprint density at radius 3 is 1.50 bits per heavy atom. The van der Waals surface area contributed by atoms with E-state index in [-0.39, 0.29) is 5.78 Å². The van der Waals surface area contributed by atoms with Crippen molar-refractivity contribution >= 4 is 29.0 Å². The molecule has 2 aromatic rings. The number of ketones is 1. The Morgan fingerprint density at radius 2 is 1.18 bits per heavy atom. The van der Waals surface area contributed by atoms with E-state index < -0.39 is 0 Å². The van der Waals surface area contributed by atoms with Crippen molar-refractivity contribution in [2.45, 2.75) is 13.8 Å². The van der Waals surface area contributed by atoms with E-state index in [1.807, 2.05) is 0 Å². The first kappa shape index (κ1) is 16.7. The Bertz CT molecular complexity index is 678. The Morgan fingerprint density at radius 1 is 0.818 bits per heavy atom. The summed E-state index contributed by atoms with van der Waals surface area (Å²) in [5.41, 5.74) is 2.23. The number of benzene rings is 2. The minimum atomic E-state index is -0.230. The number of carbonyl (C=O) groups excluding carboxylic acids is 1.